The highest BCUT2D eigenvalue weighted by atomic mass is 35.5. The number of carbonyl (C=O) groups excluding carboxylic acids is 1. The Balaban J connectivity index is 1.37. The molecule has 0 spiro atoms. The molecule has 3 heterocycles. The van der Waals surface area contributed by atoms with Crippen molar-refractivity contribution in [2.75, 3.05) is 32.1 Å². The monoisotopic (exact) mass is 461 g/mol. The van der Waals surface area contributed by atoms with Gasteiger partial charge in [0.2, 0.25) is 5.95 Å². The molecule has 0 radical (unpaired) electrons. The lowest BCUT2D eigenvalue weighted by Gasteiger charge is -2.29. The average molecular weight is 462 g/mol. The van der Waals surface area contributed by atoms with Crippen molar-refractivity contribution in [3.8, 4) is 0 Å². The fraction of sp³-hybridized carbons (Fsp3) is 0.522. The summed E-state index contributed by atoms with van der Waals surface area (Å²) in [5, 5.41) is 6.44. The zero-order chi connectivity index (χ0) is 22.5. The van der Waals surface area contributed by atoms with Crippen LogP contribution in [0.3, 0.4) is 0 Å². The highest BCUT2D eigenvalue weighted by molar-refractivity contribution is 6.31. The summed E-state index contributed by atoms with van der Waals surface area (Å²) in [6.45, 7) is 2.66. The van der Waals surface area contributed by atoms with Gasteiger partial charge in [-0.05, 0) is 76.9 Å². The molecular weight excluding hydrogens is 433 g/mol. The topological polar surface area (TPSA) is 79.4 Å². The SMILES string of the molecule is CN1CCC(NC(=O)c2ccc(Nc3ncc(Cl)c(CC[C@H]4CCCO4)n3)cc2F)CC1. The standard InChI is InChI=1S/C23H29ClFN5O2/c1-30-10-8-15(9-11-30)27-22(31)18-6-4-16(13-20(18)25)28-23-26-14-19(24)21(29-23)7-5-17-3-2-12-32-17/h4,6,13-15,17H,2-3,5,7-12H2,1H3,(H,27,31)(H,26,28,29)/t17-/m1/s1. The van der Waals surface area contributed by atoms with Gasteiger partial charge in [-0.25, -0.2) is 14.4 Å². The Labute approximate surface area is 192 Å². The number of ether oxygens (including phenoxy) is 1. The van der Waals surface area contributed by atoms with Gasteiger partial charge in [-0.2, -0.15) is 0 Å². The number of halogens is 2. The van der Waals surface area contributed by atoms with Crippen LogP contribution in [0.25, 0.3) is 0 Å². The van der Waals surface area contributed by atoms with E-state index in [1.165, 1.54) is 12.1 Å². The van der Waals surface area contributed by atoms with E-state index in [0.717, 1.165) is 57.5 Å². The first kappa shape index (κ1) is 22.9. The molecule has 1 atom stereocenters. The zero-order valence-corrected chi connectivity index (χ0v) is 19.0. The smallest absolute Gasteiger partial charge is 0.254 e. The summed E-state index contributed by atoms with van der Waals surface area (Å²) in [5.74, 6) is -0.643. The first-order valence-corrected chi connectivity index (χ1v) is 11.5. The summed E-state index contributed by atoms with van der Waals surface area (Å²) in [5.41, 5.74) is 1.23. The molecule has 2 N–H and O–H groups in total. The van der Waals surface area contributed by atoms with Crippen LogP contribution in [0.5, 0.6) is 0 Å². The van der Waals surface area contributed by atoms with E-state index < -0.39 is 5.82 Å². The van der Waals surface area contributed by atoms with Gasteiger partial charge in [0, 0.05) is 18.3 Å². The number of benzene rings is 1. The molecule has 1 aromatic heterocycles. The van der Waals surface area contributed by atoms with E-state index in [-0.39, 0.29) is 23.6 Å². The molecule has 1 amide bonds. The molecule has 2 aliphatic rings. The normalized spacial score (nSPS) is 19.8. The van der Waals surface area contributed by atoms with E-state index in [9.17, 15) is 9.18 Å². The number of nitrogens with one attached hydrogen (secondary N) is 2. The molecule has 1 aromatic carbocycles. The lowest BCUT2D eigenvalue weighted by molar-refractivity contribution is 0.0912. The van der Waals surface area contributed by atoms with Crippen molar-refractivity contribution in [2.45, 2.75) is 50.7 Å². The molecule has 172 valence electrons. The number of anilines is 2. The van der Waals surface area contributed by atoms with Gasteiger partial charge in [0.15, 0.2) is 0 Å². The van der Waals surface area contributed by atoms with Crippen molar-refractivity contribution < 1.29 is 13.9 Å². The number of likely N-dealkylation sites (tertiary alicyclic amines) is 1. The van der Waals surface area contributed by atoms with Gasteiger partial charge in [-0.3, -0.25) is 4.79 Å². The lowest BCUT2D eigenvalue weighted by atomic mass is 10.0. The molecule has 0 saturated carbocycles. The zero-order valence-electron chi connectivity index (χ0n) is 18.2. The number of nitrogens with zero attached hydrogens (tertiary/aromatic N) is 3. The van der Waals surface area contributed by atoms with Crippen molar-refractivity contribution in [3.05, 3.63) is 46.5 Å². The number of carbonyl (C=O) groups is 1. The molecule has 2 fully saturated rings. The predicted octanol–water partition coefficient (Wildman–Crippen LogP) is 3.95. The van der Waals surface area contributed by atoms with Gasteiger partial charge >= 0.3 is 0 Å². The second-order valence-corrected chi connectivity index (χ2v) is 8.94. The molecule has 2 saturated heterocycles. The van der Waals surface area contributed by atoms with Crippen LogP contribution in [0, 0.1) is 5.82 Å². The third-order valence-electron chi connectivity index (χ3n) is 6.07. The van der Waals surface area contributed by atoms with Crippen molar-refractivity contribution in [1.29, 1.82) is 0 Å². The number of aromatic nitrogens is 2. The fourth-order valence-electron chi connectivity index (χ4n) is 4.13. The van der Waals surface area contributed by atoms with E-state index in [0.29, 0.717) is 23.1 Å². The van der Waals surface area contributed by atoms with Gasteiger partial charge in [0.25, 0.3) is 5.91 Å². The predicted molar refractivity (Wildman–Crippen MR) is 122 cm³/mol. The third-order valence-corrected chi connectivity index (χ3v) is 6.38. The van der Waals surface area contributed by atoms with Crippen LogP contribution < -0.4 is 10.6 Å². The van der Waals surface area contributed by atoms with Crippen molar-refractivity contribution in [2.24, 2.45) is 0 Å². The number of amides is 1. The molecule has 2 aliphatic heterocycles. The van der Waals surface area contributed by atoms with Crippen LogP contribution in [-0.2, 0) is 11.2 Å². The molecule has 4 rings (SSSR count). The Hall–Kier alpha value is -2.29. The van der Waals surface area contributed by atoms with E-state index in [4.69, 9.17) is 16.3 Å². The second-order valence-electron chi connectivity index (χ2n) is 8.53. The number of rotatable bonds is 7. The highest BCUT2D eigenvalue weighted by Crippen LogP contribution is 2.23. The van der Waals surface area contributed by atoms with Crippen LogP contribution in [0.2, 0.25) is 5.02 Å². The summed E-state index contributed by atoms with van der Waals surface area (Å²) >= 11 is 6.25. The summed E-state index contributed by atoms with van der Waals surface area (Å²) in [6.07, 6.45) is 7.22. The largest absolute Gasteiger partial charge is 0.378 e. The maximum absolute atomic E-state index is 14.7. The van der Waals surface area contributed by atoms with Gasteiger partial charge in [0.05, 0.1) is 28.6 Å². The maximum atomic E-state index is 14.7. The first-order valence-electron chi connectivity index (χ1n) is 11.2. The minimum Gasteiger partial charge on any atom is -0.378 e. The summed E-state index contributed by atoms with van der Waals surface area (Å²) < 4.78 is 20.3. The molecule has 0 aliphatic carbocycles. The maximum Gasteiger partial charge on any atom is 0.254 e. The molecule has 7 nitrogen and oxygen atoms in total. The quantitative estimate of drug-likeness (QED) is 0.650. The fourth-order valence-corrected chi connectivity index (χ4v) is 4.32. The summed E-state index contributed by atoms with van der Waals surface area (Å²) in [7, 11) is 2.06. The van der Waals surface area contributed by atoms with Gasteiger partial charge in [0.1, 0.15) is 5.82 Å². The van der Waals surface area contributed by atoms with E-state index in [1.54, 1.807) is 12.3 Å². The number of aryl methyl sites for hydroxylation is 1. The van der Waals surface area contributed by atoms with Crippen molar-refractivity contribution >= 4 is 29.1 Å². The van der Waals surface area contributed by atoms with E-state index >= 15 is 0 Å². The minimum absolute atomic E-state index is 0.0313. The number of hydrogen-bond donors (Lipinski definition) is 2. The Kier molecular flexibility index (Phi) is 7.55. The van der Waals surface area contributed by atoms with Crippen LogP contribution in [-0.4, -0.2) is 59.7 Å². The Bertz CT molecular complexity index is 946. The van der Waals surface area contributed by atoms with Crippen LogP contribution in [0.4, 0.5) is 16.0 Å². The summed E-state index contributed by atoms with van der Waals surface area (Å²) in [4.78, 5) is 23.4. The van der Waals surface area contributed by atoms with Crippen molar-refractivity contribution in [3.63, 3.8) is 0 Å². The second kappa shape index (κ2) is 10.6. The minimum atomic E-state index is -0.590. The van der Waals surface area contributed by atoms with Gasteiger partial charge < -0.3 is 20.3 Å². The highest BCUT2D eigenvalue weighted by Gasteiger charge is 2.21. The van der Waals surface area contributed by atoms with Crippen molar-refractivity contribution in [1.82, 2.24) is 20.2 Å². The van der Waals surface area contributed by atoms with E-state index in [2.05, 4.69) is 32.5 Å². The van der Waals surface area contributed by atoms with Crippen LogP contribution in [0.1, 0.15) is 48.2 Å². The molecule has 0 bridgehead atoms. The van der Waals surface area contributed by atoms with Gasteiger partial charge in [-0.1, -0.05) is 11.6 Å². The third kappa shape index (κ3) is 5.94. The molecule has 32 heavy (non-hydrogen) atoms. The number of hydrogen-bond acceptors (Lipinski definition) is 6. The van der Waals surface area contributed by atoms with E-state index in [1.807, 2.05) is 0 Å². The average Bonchev–Trinajstić information content (AvgIpc) is 3.29. The first-order chi connectivity index (χ1) is 15.5. The van der Waals surface area contributed by atoms with Crippen LogP contribution in [0.15, 0.2) is 24.4 Å². The molecule has 0 unspecified atom stereocenters. The Morgan fingerprint density at radius 3 is 2.84 bits per heavy atom. The summed E-state index contributed by atoms with van der Waals surface area (Å²) in [6, 6.07) is 4.49. The Morgan fingerprint density at radius 1 is 1.31 bits per heavy atom. The molecule has 2 aromatic rings. The van der Waals surface area contributed by atoms with Crippen LogP contribution >= 0.6 is 11.6 Å². The lowest BCUT2D eigenvalue weighted by Crippen LogP contribution is -2.43. The Morgan fingerprint density at radius 2 is 2.12 bits per heavy atom. The van der Waals surface area contributed by atoms with Gasteiger partial charge in [-0.15, -0.1) is 0 Å². The number of piperidine rings is 1. The molecule has 9 heteroatoms. The molecular formula is C23H29ClFN5O2.